The molecule has 7 N–H and O–H groups in total. The van der Waals surface area contributed by atoms with Crippen LogP contribution in [0.2, 0.25) is 5.28 Å². The van der Waals surface area contributed by atoms with Crippen molar-refractivity contribution in [2.75, 3.05) is 21.8 Å². The minimum atomic E-state index is -4.91. The number of allylic oxidation sites excluding steroid dienone is 1. The zero-order valence-electron chi connectivity index (χ0n) is 28.7. The number of nitrogen functional groups attached to an aromatic ring is 1. The number of hydrogen-bond acceptors (Lipinski definition) is 15. The van der Waals surface area contributed by atoms with E-state index in [4.69, 9.17) is 17.3 Å². The fraction of sp³-hybridized carbons (Fsp3) is 0.0278. The molecule has 0 unspecified atom stereocenters. The molecule has 0 saturated heterocycles. The summed E-state index contributed by atoms with van der Waals surface area (Å²) in [4.78, 5) is 25.3. The number of carbonyl (C=O) groups is 1. The molecule has 6 aromatic rings. The summed E-state index contributed by atoms with van der Waals surface area (Å²) in [7, 11) is -9.38. The summed E-state index contributed by atoms with van der Waals surface area (Å²) in [5, 5.41) is 19.1. The van der Waals surface area contributed by atoms with Crippen LogP contribution in [-0.2, 0) is 20.2 Å². The minimum Gasteiger partial charge on any atom is -0.396 e. The summed E-state index contributed by atoms with van der Waals surface area (Å²) in [6.45, 7) is 1.94. The first kappa shape index (κ1) is 37.7. The molecule has 0 aliphatic heterocycles. The maximum Gasteiger partial charge on any atom is 0.296 e. The van der Waals surface area contributed by atoms with Crippen molar-refractivity contribution in [3.8, 4) is 0 Å². The second-order valence-corrected chi connectivity index (χ2v) is 15.3. The number of nitrogens with one attached hydrogen (secondary N) is 3. The molecule has 0 bridgehead atoms. The van der Waals surface area contributed by atoms with Crippen molar-refractivity contribution in [2.45, 2.75) is 16.7 Å². The van der Waals surface area contributed by atoms with E-state index in [1.165, 1.54) is 42.5 Å². The van der Waals surface area contributed by atoms with E-state index in [1.807, 2.05) is 31.2 Å². The average Bonchev–Trinajstić information content (AvgIpc) is 3.12. The highest BCUT2D eigenvalue weighted by Crippen LogP contribution is 2.39. The van der Waals surface area contributed by atoms with E-state index in [-0.39, 0.29) is 55.7 Å². The molecule has 0 fully saturated rings. The lowest BCUT2D eigenvalue weighted by Gasteiger charge is -2.17. The number of rotatable bonds is 10. The standard InChI is InChI=1S/C36H27ClN10O7S2/c1-19-5-2-7-22(15-19)39-35-41-34(37)42-36(43-35)40-23-8-4-9-24(18-23)45-47-32-29(56(52,53)54)17-21-11-14-27(33(48)30(21)31(32)38)46-44-25-12-13-26-20(16-25)6-3-10-28(26)55(49,50)51/h2-18,44H,38H2,1H3,(H,49,50,51)(H,52,53,54)(H2,39,40,41,42,43)/b46-27-,47-45+. The Morgan fingerprint density at radius 1 is 0.732 bits per heavy atom. The van der Waals surface area contributed by atoms with E-state index in [0.29, 0.717) is 16.8 Å². The topological polar surface area (TPSA) is 264 Å². The Kier molecular flexibility index (Phi) is 10.0. The number of aromatic nitrogens is 3. The number of anilines is 6. The molecular formula is C36H27ClN10O7S2. The van der Waals surface area contributed by atoms with Gasteiger partial charge in [-0.25, -0.2) is 0 Å². The van der Waals surface area contributed by atoms with Gasteiger partial charge in [0.05, 0.1) is 22.6 Å². The highest BCUT2D eigenvalue weighted by Gasteiger charge is 2.30. The highest BCUT2D eigenvalue weighted by molar-refractivity contribution is 7.86. The Bertz CT molecular complexity index is 2920. The number of azo groups is 1. The zero-order chi connectivity index (χ0) is 39.8. The van der Waals surface area contributed by atoms with Crippen molar-refractivity contribution in [1.82, 2.24) is 15.0 Å². The van der Waals surface area contributed by atoms with E-state index in [1.54, 1.807) is 30.3 Å². The van der Waals surface area contributed by atoms with E-state index >= 15 is 0 Å². The lowest BCUT2D eigenvalue weighted by molar-refractivity contribution is 0.106. The molecule has 17 nitrogen and oxygen atoms in total. The first-order valence-electron chi connectivity index (χ1n) is 16.2. The molecule has 1 aromatic heterocycles. The van der Waals surface area contributed by atoms with Gasteiger partial charge in [-0.3, -0.25) is 19.3 Å². The molecule has 0 saturated carbocycles. The van der Waals surface area contributed by atoms with E-state index < -0.39 is 36.6 Å². The largest absolute Gasteiger partial charge is 0.396 e. The number of carbonyl (C=O) groups excluding carboxylic acids is 1. The van der Waals surface area contributed by atoms with Crippen LogP contribution in [0.25, 0.3) is 16.8 Å². The Hall–Kier alpha value is -6.64. The predicted octanol–water partition coefficient (Wildman–Crippen LogP) is 7.64. The third-order valence-electron chi connectivity index (χ3n) is 8.17. The SMILES string of the molecule is Cc1cccc(Nc2nc(Cl)nc(Nc3cccc(/N=N/c4c(S(=O)(=O)O)cc5c(c4N)C(=O)/C(=N\Nc4ccc6c(S(=O)(=O)O)cccc6c4)C=C5)c3)n2)c1. The number of halogens is 1. The molecule has 56 heavy (non-hydrogen) atoms. The molecule has 0 atom stereocenters. The third-order valence-corrected chi connectivity index (χ3v) is 10.1. The smallest absolute Gasteiger partial charge is 0.296 e. The Morgan fingerprint density at radius 3 is 2.11 bits per heavy atom. The van der Waals surface area contributed by atoms with Gasteiger partial charge in [-0.1, -0.05) is 42.5 Å². The monoisotopic (exact) mass is 810 g/mol. The van der Waals surface area contributed by atoms with Gasteiger partial charge in [-0.15, -0.1) is 5.11 Å². The number of Topliss-reactive ketones (excluding diaryl/α,β-unsaturated/α-hetero) is 1. The minimum absolute atomic E-state index is 0.0759. The number of hydrogen-bond donors (Lipinski definition) is 6. The molecule has 0 radical (unpaired) electrons. The van der Waals surface area contributed by atoms with Crippen molar-refractivity contribution in [1.29, 1.82) is 0 Å². The molecule has 1 aliphatic rings. The van der Waals surface area contributed by atoms with Crippen LogP contribution < -0.4 is 21.8 Å². The van der Waals surface area contributed by atoms with Crippen LogP contribution in [0, 0.1) is 6.92 Å². The van der Waals surface area contributed by atoms with Crippen LogP contribution in [0.3, 0.4) is 0 Å². The first-order valence-corrected chi connectivity index (χ1v) is 19.4. The van der Waals surface area contributed by atoms with Gasteiger partial charge in [-0.2, -0.15) is 42.0 Å². The summed E-state index contributed by atoms with van der Waals surface area (Å²) in [5.41, 5.74) is 10.9. The van der Waals surface area contributed by atoms with Crippen LogP contribution in [0.5, 0.6) is 0 Å². The summed E-state index contributed by atoms with van der Waals surface area (Å²) >= 11 is 6.16. The maximum atomic E-state index is 13.7. The van der Waals surface area contributed by atoms with Gasteiger partial charge in [-0.05, 0) is 95.7 Å². The van der Waals surface area contributed by atoms with E-state index in [2.05, 4.69) is 46.3 Å². The van der Waals surface area contributed by atoms with Gasteiger partial charge >= 0.3 is 0 Å². The third kappa shape index (κ3) is 8.21. The van der Waals surface area contributed by atoms with Gasteiger partial charge in [0, 0.05) is 16.8 Å². The Labute approximate surface area is 323 Å². The predicted molar refractivity (Wildman–Crippen MR) is 212 cm³/mol. The molecule has 1 heterocycles. The Morgan fingerprint density at radius 2 is 1.41 bits per heavy atom. The number of aryl methyl sites for hydroxylation is 1. The normalized spacial score (nSPS) is 13.6. The van der Waals surface area contributed by atoms with Crippen molar-refractivity contribution < 1.29 is 30.7 Å². The first-order chi connectivity index (χ1) is 26.6. The maximum absolute atomic E-state index is 13.7. The van der Waals surface area contributed by atoms with E-state index in [0.717, 1.165) is 17.3 Å². The molecule has 1 aliphatic carbocycles. The van der Waals surface area contributed by atoms with Crippen molar-refractivity contribution in [2.24, 2.45) is 15.3 Å². The fourth-order valence-corrected chi connectivity index (χ4v) is 7.25. The fourth-order valence-electron chi connectivity index (χ4n) is 5.70. The second-order valence-electron chi connectivity index (χ2n) is 12.1. The Balaban J connectivity index is 1.15. The zero-order valence-corrected chi connectivity index (χ0v) is 31.1. The van der Waals surface area contributed by atoms with E-state index in [9.17, 15) is 30.7 Å². The summed E-state index contributed by atoms with van der Waals surface area (Å²) in [6.07, 6.45) is 2.72. The summed E-state index contributed by atoms with van der Waals surface area (Å²) in [5.74, 6) is -0.403. The lowest BCUT2D eigenvalue weighted by atomic mass is 9.92. The summed E-state index contributed by atoms with van der Waals surface area (Å²) < 4.78 is 68.2. The molecule has 282 valence electrons. The van der Waals surface area contributed by atoms with Gasteiger partial charge < -0.3 is 16.4 Å². The number of ketones is 1. The highest BCUT2D eigenvalue weighted by atomic mass is 35.5. The number of nitrogens with two attached hydrogens (primary N) is 1. The average molecular weight is 811 g/mol. The van der Waals surface area contributed by atoms with Gasteiger partial charge in [0.1, 0.15) is 21.2 Å². The molecule has 7 rings (SSSR count). The van der Waals surface area contributed by atoms with Crippen molar-refractivity contribution in [3.63, 3.8) is 0 Å². The lowest BCUT2D eigenvalue weighted by Crippen LogP contribution is -2.21. The quantitative estimate of drug-likeness (QED) is 0.0336. The van der Waals surface area contributed by atoms with Crippen molar-refractivity contribution in [3.05, 3.63) is 119 Å². The summed E-state index contributed by atoms with van der Waals surface area (Å²) in [6, 6.07) is 23.9. The van der Waals surface area contributed by atoms with Crippen LogP contribution >= 0.6 is 11.6 Å². The van der Waals surface area contributed by atoms with Gasteiger partial charge in [0.25, 0.3) is 20.2 Å². The molecule has 0 amide bonds. The van der Waals surface area contributed by atoms with Crippen LogP contribution in [0.4, 0.5) is 46.0 Å². The van der Waals surface area contributed by atoms with Gasteiger partial charge in [0.2, 0.25) is 23.0 Å². The van der Waals surface area contributed by atoms with Crippen LogP contribution in [-0.4, -0.2) is 52.4 Å². The van der Waals surface area contributed by atoms with Crippen LogP contribution in [0.15, 0.2) is 122 Å². The number of benzene rings is 5. The van der Waals surface area contributed by atoms with Gasteiger partial charge in [0.15, 0.2) is 0 Å². The number of hydrazone groups is 1. The molecule has 20 heteroatoms. The number of nitrogens with zero attached hydrogens (tertiary/aromatic N) is 6. The van der Waals surface area contributed by atoms with Crippen molar-refractivity contribution >= 4 is 106 Å². The molecule has 5 aromatic carbocycles. The van der Waals surface area contributed by atoms with Crippen LogP contribution in [0.1, 0.15) is 21.5 Å². The number of fused-ring (bicyclic) bond motifs is 2. The molecule has 0 spiro atoms. The molecular weight excluding hydrogens is 784 g/mol. The second kappa shape index (κ2) is 14.9.